The molecule has 0 bridgehead atoms. The van der Waals surface area contributed by atoms with Crippen molar-refractivity contribution in [3.05, 3.63) is 23.8 Å². The van der Waals surface area contributed by atoms with Gasteiger partial charge in [-0.05, 0) is 44.5 Å². The quantitative estimate of drug-likeness (QED) is 0.896. The minimum Gasteiger partial charge on any atom is -0.497 e. The highest BCUT2D eigenvalue weighted by atomic mass is 16.5. The first-order chi connectivity index (χ1) is 9.58. The Morgan fingerprint density at radius 3 is 2.10 bits per heavy atom. The molecule has 2 rings (SSSR count). The summed E-state index contributed by atoms with van der Waals surface area (Å²) < 4.78 is 10.7. The number of ether oxygens (including phenoxy) is 2. The number of hydrogen-bond donors (Lipinski definition) is 1. The summed E-state index contributed by atoms with van der Waals surface area (Å²) in [6, 6.07) is 6.10. The Morgan fingerprint density at radius 2 is 1.65 bits per heavy atom. The molecule has 1 aliphatic rings. The monoisotopic (exact) mass is 278 g/mol. The topological polar surface area (TPSA) is 33.7 Å². The van der Waals surface area contributed by atoms with Crippen molar-refractivity contribution in [2.24, 2.45) is 0 Å². The van der Waals surface area contributed by atoms with Gasteiger partial charge in [0.2, 0.25) is 0 Å². The number of rotatable bonds is 5. The van der Waals surface area contributed by atoms with Crippen LogP contribution >= 0.6 is 0 Å². The van der Waals surface area contributed by atoms with Crippen molar-refractivity contribution in [1.82, 2.24) is 10.2 Å². The highest BCUT2D eigenvalue weighted by molar-refractivity contribution is 5.38. The highest BCUT2D eigenvalue weighted by Crippen LogP contribution is 2.26. The number of likely N-dealkylation sites (tertiary alicyclic amines) is 1. The first-order valence-electron chi connectivity index (χ1n) is 7.22. The summed E-state index contributed by atoms with van der Waals surface area (Å²) in [5, 5.41) is 3.43. The standard InChI is InChI=1S/C16H26N2O2/c1-16(17-2)5-7-18(8-6-16)12-13-9-14(19-3)11-15(10-13)20-4/h9-11,17H,5-8,12H2,1-4H3. The molecule has 4 nitrogen and oxygen atoms in total. The summed E-state index contributed by atoms with van der Waals surface area (Å²) in [6.07, 6.45) is 2.37. The van der Waals surface area contributed by atoms with Crippen molar-refractivity contribution in [1.29, 1.82) is 0 Å². The predicted octanol–water partition coefficient (Wildman–Crippen LogP) is 2.28. The molecule has 0 amide bonds. The van der Waals surface area contributed by atoms with Crippen molar-refractivity contribution in [3.63, 3.8) is 0 Å². The molecule has 0 radical (unpaired) electrons. The van der Waals surface area contributed by atoms with Gasteiger partial charge in [0.05, 0.1) is 14.2 Å². The second-order valence-corrected chi connectivity index (χ2v) is 5.81. The fourth-order valence-corrected chi connectivity index (χ4v) is 2.67. The van der Waals surface area contributed by atoms with E-state index in [-0.39, 0.29) is 0 Å². The third-order valence-electron chi connectivity index (χ3n) is 4.38. The molecule has 0 atom stereocenters. The van der Waals surface area contributed by atoms with Gasteiger partial charge in [0.15, 0.2) is 0 Å². The van der Waals surface area contributed by atoms with E-state index in [1.165, 1.54) is 18.4 Å². The number of methoxy groups -OCH3 is 2. The van der Waals surface area contributed by atoms with Crippen molar-refractivity contribution < 1.29 is 9.47 Å². The van der Waals surface area contributed by atoms with Crippen LogP contribution in [0.3, 0.4) is 0 Å². The van der Waals surface area contributed by atoms with Gasteiger partial charge in [-0.2, -0.15) is 0 Å². The van der Waals surface area contributed by atoms with Gasteiger partial charge in [0.25, 0.3) is 0 Å². The molecule has 0 unspecified atom stereocenters. The molecule has 1 aliphatic heterocycles. The summed E-state index contributed by atoms with van der Waals surface area (Å²) in [7, 11) is 5.44. The zero-order valence-corrected chi connectivity index (χ0v) is 13.0. The second kappa shape index (κ2) is 6.46. The van der Waals surface area contributed by atoms with Crippen LogP contribution in [0.25, 0.3) is 0 Å². The van der Waals surface area contributed by atoms with Crippen molar-refractivity contribution >= 4 is 0 Å². The lowest BCUT2D eigenvalue weighted by Crippen LogP contribution is -2.49. The lowest BCUT2D eigenvalue weighted by Gasteiger charge is -2.39. The average Bonchev–Trinajstić information content (AvgIpc) is 2.49. The fraction of sp³-hybridized carbons (Fsp3) is 0.625. The van der Waals surface area contributed by atoms with Crippen molar-refractivity contribution in [3.8, 4) is 11.5 Å². The molecule has 112 valence electrons. The maximum Gasteiger partial charge on any atom is 0.122 e. The van der Waals surface area contributed by atoms with E-state index in [0.717, 1.165) is 31.1 Å². The molecule has 1 aromatic carbocycles. The average molecular weight is 278 g/mol. The van der Waals surface area contributed by atoms with Gasteiger partial charge in [-0.15, -0.1) is 0 Å². The Balaban J connectivity index is 2.00. The van der Waals surface area contributed by atoms with E-state index in [1.807, 2.05) is 6.07 Å². The molecule has 0 spiro atoms. The fourth-order valence-electron chi connectivity index (χ4n) is 2.67. The van der Waals surface area contributed by atoms with E-state index in [2.05, 4.69) is 36.3 Å². The zero-order chi connectivity index (χ0) is 14.6. The summed E-state index contributed by atoms with van der Waals surface area (Å²) in [5.41, 5.74) is 1.54. The smallest absolute Gasteiger partial charge is 0.122 e. The normalized spacial score (nSPS) is 18.8. The van der Waals surface area contributed by atoms with Gasteiger partial charge >= 0.3 is 0 Å². The third kappa shape index (κ3) is 3.64. The molecule has 1 fully saturated rings. The van der Waals surface area contributed by atoms with Gasteiger partial charge in [0.1, 0.15) is 11.5 Å². The summed E-state index contributed by atoms with van der Waals surface area (Å²) in [6.45, 7) is 5.50. The number of nitrogens with one attached hydrogen (secondary N) is 1. The molecule has 1 aromatic rings. The Labute approximate surface area is 122 Å². The van der Waals surface area contributed by atoms with Crippen LogP contribution < -0.4 is 14.8 Å². The third-order valence-corrected chi connectivity index (χ3v) is 4.38. The molecule has 1 N–H and O–H groups in total. The summed E-state index contributed by atoms with van der Waals surface area (Å²) in [4.78, 5) is 2.49. The number of hydrogen-bond acceptors (Lipinski definition) is 4. The maximum absolute atomic E-state index is 5.33. The van der Waals surface area contributed by atoms with Crippen LogP contribution in [0.1, 0.15) is 25.3 Å². The molecule has 1 heterocycles. The molecule has 0 aliphatic carbocycles. The Hall–Kier alpha value is -1.26. The number of piperidine rings is 1. The molecular weight excluding hydrogens is 252 g/mol. The van der Waals surface area contributed by atoms with Crippen LogP contribution in [0.5, 0.6) is 11.5 Å². The van der Waals surface area contributed by atoms with E-state index in [1.54, 1.807) is 14.2 Å². The van der Waals surface area contributed by atoms with E-state index in [0.29, 0.717) is 5.54 Å². The molecule has 1 saturated heterocycles. The number of nitrogens with zero attached hydrogens (tertiary/aromatic N) is 1. The van der Waals surface area contributed by atoms with Gasteiger partial charge in [-0.3, -0.25) is 4.90 Å². The van der Waals surface area contributed by atoms with Crippen molar-refractivity contribution in [2.75, 3.05) is 34.4 Å². The van der Waals surface area contributed by atoms with Gasteiger partial charge in [-0.1, -0.05) is 0 Å². The summed E-state index contributed by atoms with van der Waals surface area (Å²) in [5.74, 6) is 1.72. The molecule has 0 saturated carbocycles. The van der Waals surface area contributed by atoms with E-state index in [9.17, 15) is 0 Å². The minimum absolute atomic E-state index is 0.294. The largest absolute Gasteiger partial charge is 0.497 e. The van der Waals surface area contributed by atoms with Crippen LogP contribution in [-0.4, -0.2) is 44.8 Å². The van der Waals surface area contributed by atoms with Gasteiger partial charge < -0.3 is 14.8 Å². The Bertz CT molecular complexity index is 418. The van der Waals surface area contributed by atoms with E-state index >= 15 is 0 Å². The molecule has 4 heteroatoms. The Morgan fingerprint density at radius 1 is 1.10 bits per heavy atom. The Kier molecular flexibility index (Phi) is 4.89. The second-order valence-electron chi connectivity index (χ2n) is 5.81. The summed E-state index contributed by atoms with van der Waals surface area (Å²) >= 11 is 0. The van der Waals surface area contributed by atoms with Crippen LogP contribution in [0.2, 0.25) is 0 Å². The SMILES string of the molecule is CNC1(C)CCN(Cc2cc(OC)cc(OC)c2)CC1. The molecular formula is C16H26N2O2. The van der Waals surface area contributed by atoms with Gasteiger partial charge in [0, 0.05) is 31.2 Å². The zero-order valence-electron chi connectivity index (χ0n) is 13.0. The van der Waals surface area contributed by atoms with Crippen LogP contribution in [-0.2, 0) is 6.54 Å². The maximum atomic E-state index is 5.33. The van der Waals surface area contributed by atoms with Crippen LogP contribution in [0.4, 0.5) is 0 Å². The van der Waals surface area contributed by atoms with Crippen LogP contribution in [0, 0.1) is 0 Å². The predicted molar refractivity (Wildman–Crippen MR) is 81.5 cm³/mol. The van der Waals surface area contributed by atoms with Gasteiger partial charge in [-0.25, -0.2) is 0 Å². The highest BCUT2D eigenvalue weighted by Gasteiger charge is 2.28. The van der Waals surface area contributed by atoms with E-state index in [4.69, 9.17) is 9.47 Å². The lowest BCUT2D eigenvalue weighted by atomic mass is 9.90. The van der Waals surface area contributed by atoms with E-state index < -0.39 is 0 Å². The number of benzene rings is 1. The minimum atomic E-state index is 0.294. The van der Waals surface area contributed by atoms with Crippen molar-refractivity contribution in [2.45, 2.75) is 31.8 Å². The first kappa shape index (κ1) is 15.1. The lowest BCUT2D eigenvalue weighted by molar-refractivity contribution is 0.146. The van der Waals surface area contributed by atoms with Crippen LogP contribution in [0.15, 0.2) is 18.2 Å². The molecule has 0 aromatic heterocycles. The first-order valence-corrected chi connectivity index (χ1v) is 7.22. The molecule has 20 heavy (non-hydrogen) atoms.